The molecule has 2 heterocycles. The van der Waals surface area contributed by atoms with Crippen LogP contribution in [0.4, 0.5) is 11.5 Å². The van der Waals surface area contributed by atoms with Crippen LogP contribution in [0.5, 0.6) is 0 Å². The number of aryl methyl sites for hydroxylation is 1. The Hall–Kier alpha value is -2.47. The van der Waals surface area contributed by atoms with E-state index in [9.17, 15) is 9.90 Å². The molecule has 0 saturated heterocycles. The lowest BCUT2D eigenvalue weighted by atomic mass is 10.2. The number of carbonyl (C=O) groups is 1. The first-order valence-corrected chi connectivity index (χ1v) is 7.15. The fourth-order valence-electron chi connectivity index (χ4n) is 2.28. The van der Waals surface area contributed by atoms with Crippen LogP contribution < -0.4 is 10.0 Å². The number of aromatic nitrogens is 2. The number of aromatic carboxylic acids is 1. The minimum Gasteiger partial charge on any atom is -0.544 e. The average Bonchev–Trinajstić information content (AvgIpc) is 2.85. The van der Waals surface area contributed by atoms with Gasteiger partial charge in [0, 0.05) is 12.7 Å². The molecule has 0 radical (unpaired) electrons. The first-order chi connectivity index (χ1) is 10.1. The second-order valence-corrected chi connectivity index (χ2v) is 5.61. The van der Waals surface area contributed by atoms with Gasteiger partial charge in [-0.1, -0.05) is 18.2 Å². The quantitative estimate of drug-likeness (QED) is 0.741. The Morgan fingerprint density at radius 2 is 1.95 bits per heavy atom. The van der Waals surface area contributed by atoms with Crippen LogP contribution in [-0.4, -0.2) is 23.0 Å². The summed E-state index contributed by atoms with van der Waals surface area (Å²) in [7, 11) is 1.90. The molecule has 21 heavy (non-hydrogen) atoms. The van der Waals surface area contributed by atoms with E-state index >= 15 is 0 Å². The van der Waals surface area contributed by atoms with Gasteiger partial charge in [0.05, 0.1) is 16.2 Å². The van der Waals surface area contributed by atoms with Gasteiger partial charge in [-0.15, -0.1) is 11.3 Å². The van der Waals surface area contributed by atoms with Crippen molar-refractivity contribution in [2.45, 2.75) is 6.92 Å². The number of carbonyl (C=O) groups excluding carboxylic acids is 1. The van der Waals surface area contributed by atoms with Crippen molar-refractivity contribution in [3.8, 4) is 0 Å². The van der Waals surface area contributed by atoms with Crippen molar-refractivity contribution >= 4 is 39.0 Å². The van der Waals surface area contributed by atoms with Crippen molar-refractivity contribution in [2.24, 2.45) is 0 Å². The fourth-order valence-corrected chi connectivity index (χ4v) is 3.25. The number of nitrogens with zero attached hydrogens (tertiary/aromatic N) is 3. The predicted octanol–water partition coefficient (Wildman–Crippen LogP) is 2.13. The summed E-state index contributed by atoms with van der Waals surface area (Å²) >= 11 is 1.12. The standard InChI is InChI=1S/C15H13N3O2S/c1-9-11-13(18(2)10-6-4-3-5-7-10)16-8-17-14(11)21-12(9)15(19)20/h3-8H,1-2H3,(H,19,20)/p-1. The van der Waals surface area contributed by atoms with E-state index in [0.717, 1.165) is 22.4 Å². The number of benzene rings is 1. The number of carboxylic acids is 1. The first-order valence-electron chi connectivity index (χ1n) is 6.34. The van der Waals surface area contributed by atoms with E-state index in [1.54, 1.807) is 6.92 Å². The van der Waals surface area contributed by atoms with E-state index in [1.165, 1.54) is 6.33 Å². The minimum absolute atomic E-state index is 0.202. The van der Waals surface area contributed by atoms with E-state index in [-0.39, 0.29) is 4.88 Å². The lowest BCUT2D eigenvalue weighted by Gasteiger charge is -2.19. The number of anilines is 2. The Balaban J connectivity index is 2.21. The summed E-state index contributed by atoms with van der Waals surface area (Å²) in [5.74, 6) is -0.490. The zero-order valence-electron chi connectivity index (χ0n) is 11.5. The molecule has 0 saturated carbocycles. The molecule has 0 aliphatic heterocycles. The molecule has 6 heteroatoms. The Morgan fingerprint density at radius 3 is 2.62 bits per heavy atom. The predicted molar refractivity (Wildman–Crippen MR) is 81.0 cm³/mol. The molecule has 106 valence electrons. The lowest BCUT2D eigenvalue weighted by Crippen LogP contribution is -2.21. The minimum atomic E-state index is -1.18. The lowest BCUT2D eigenvalue weighted by molar-refractivity contribution is -0.254. The van der Waals surface area contributed by atoms with E-state index in [0.29, 0.717) is 16.2 Å². The molecule has 0 N–H and O–H groups in total. The summed E-state index contributed by atoms with van der Waals surface area (Å²) in [5, 5.41) is 11.9. The SMILES string of the molecule is Cc1c(C(=O)[O-])sc2ncnc(N(C)c3ccccc3)c12. The van der Waals surface area contributed by atoms with Gasteiger partial charge in [0.1, 0.15) is 17.0 Å². The molecular weight excluding hydrogens is 286 g/mol. The smallest absolute Gasteiger partial charge is 0.145 e. The molecule has 0 fully saturated rings. The number of hydrogen-bond acceptors (Lipinski definition) is 6. The van der Waals surface area contributed by atoms with Gasteiger partial charge in [-0.05, 0) is 24.6 Å². The van der Waals surface area contributed by atoms with E-state index in [2.05, 4.69) is 9.97 Å². The highest BCUT2D eigenvalue weighted by Gasteiger charge is 2.17. The molecule has 0 atom stereocenters. The average molecular weight is 298 g/mol. The zero-order chi connectivity index (χ0) is 15.0. The number of carboxylic acid groups (broad SMARTS) is 1. The second-order valence-electron chi connectivity index (χ2n) is 4.62. The second kappa shape index (κ2) is 5.14. The Bertz CT molecular complexity index is 814. The van der Waals surface area contributed by atoms with Crippen molar-refractivity contribution in [3.05, 3.63) is 47.1 Å². The number of para-hydroxylation sites is 1. The summed E-state index contributed by atoms with van der Waals surface area (Å²) in [6.45, 7) is 1.76. The zero-order valence-corrected chi connectivity index (χ0v) is 12.3. The summed E-state index contributed by atoms with van der Waals surface area (Å²) in [5.41, 5.74) is 1.62. The molecule has 0 spiro atoms. The topological polar surface area (TPSA) is 69.1 Å². The molecule has 0 amide bonds. The maximum atomic E-state index is 11.2. The van der Waals surface area contributed by atoms with E-state index in [4.69, 9.17) is 0 Å². The van der Waals surface area contributed by atoms with Gasteiger partial charge in [0.25, 0.3) is 0 Å². The maximum absolute atomic E-state index is 11.2. The third kappa shape index (κ3) is 2.23. The molecule has 1 aromatic carbocycles. The van der Waals surface area contributed by atoms with Crippen LogP contribution in [0.15, 0.2) is 36.7 Å². The van der Waals surface area contributed by atoms with Gasteiger partial charge >= 0.3 is 0 Å². The van der Waals surface area contributed by atoms with Gasteiger partial charge in [-0.25, -0.2) is 9.97 Å². The van der Waals surface area contributed by atoms with Gasteiger partial charge in [-0.3, -0.25) is 0 Å². The molecule has 0 unspecified atom stereocenters. The Kier molecular flexibility index (Phi) is 3.31. The van der Waals surface area contributed by atoms with Gasteiger partial charge < -0.3 is 14.8 Å². The summed E-state index contributed by atoms with van der Waals surface area (Å²) < 4.78 is 0. The third-order valence-electron chi connectivity index (χ3n) is 3.35. The monoisotopic (exact) mass is 298 g/mol. The highest BCUT2D eigenvalue weighted by atomic mass is 32.1. The van der Waals surface area contributed by atoms with Gasteiger partial charge in [0.2, 0.25) is 0 Å². The van der Waals surface area contributed by atoms with Crippen molar-refractivity contribution in [2.75, 3.05) is 11.9 Å². The number of rotatable bonds is 3. The number of thiophene rings is 1. The van der Waals surface area contributed by atoms with Crippen molar-refractivity contribution in [1.82, 2.24) is 9.97 Å². The molecule has 0 aliphatic carbocycles. The van der Waals surface area contributed by atoms with Crippen LogP contribution in [0, 0.1) is 6.92 Å². The molecule has 2 aromatic heterocycles. The number of fused-ring (bicyclic) bond motifs is 1. The van der Waals surface area contributed by atoms with E-state index in [1.807, 2.05) is 42.3 Å². The molecular formula is C15H12N3O2S-. The summed E-state index contributed by atoms with van der Waals surface area (Å²) in [6, 6.07) is 9.76. The Labute approximate surface area is 125 Å². The highest BCUT2D eigenvalue weighted by Crippen LogP contribution is 2.36. The van der Waals surface area contributed by atoms with Crippen LogP contribution >= 0.6 is 11.3 Å². The molecule has 0 aliphatic rings. The van der Waals surface area contributed by atoms with Crippen LogP contribution in [0.25, 0.3) is 10.2 Å². The fraction of sp³-hybridized carbons (Fsp3) is 0.133. The van der Waals surface area contributed by atoms with Crippen LogP contribution in [0.2, 0.25) is 0 Å². The normalized spacial score (nSPS) is 10.8. The first kappa shape index (κ1) is 13.5. The van der Waals surface area contributed by atoms with Crippen molar-refractivity contribution in [1.29, 1.82) is 0 Å². The molecule has 0 bridgehead atoms. The molecule has 3 rings (SSSR count). The van der Waals surface area contributed by atoms with Crippen LogP contribution in [-0.2, 0) is 0 Å². The van der Waals surface area contributed by atoms with Crippen LogP contribution in [0.3, 0.4) is 0 Å². The van der Waals surface area contributed by atoms with Crippen molar-refractivity contribution < 1.29 is 9.90 Å². The van der Waals surface area contributed by atoms with E-state index < -0.39 is 5.97 Å². The molecule has 3 aromatic rings. The summed E-state index contributed by atoms with van der Waals surface area (Å²) in [4.78, 5) is 22.5. The van der Waals surface area contributed by atoms with Gasteiger partial charge in [-0.2, -0.15) is 0 Å². The van der Waals surface area contributed by atoms with Crippen molar-refractivity contribution in [3.63, 3.8) is 0 Å². The largest absolute Gasteiger partial charge is 0.544 e. The van der Waals surface area contributed by atoms with Gasteiger partial charge in [0.15, 0.2) is 0 Å². The summed E-state index contributed by atoms with van der Waals surface area (Å²) in [6.07, 6.45) is 1.45. The third-order valence-corrected chi connectivity index (χ3v) is 4.53. The van der Waals surface area contributed by atoms with Crippen LogP contribution in [0.1, 0.15) is 15.2 Å². The Morgan fingerprint density at radius 1 is 1.24 bits per heavy atom. The highest BCUT2D eigenvalue weighted by molar-refractivity contribution is 7.20. The molecule has 5 nitrogen and oxygen atoms in total. The number of hydrogen-bond donors (Lipinski definition) is 0. The maximum Gasteiger partial charge on any atom is 0.145 e.